The van der Waals surface area contributed by atoms with Gasteiger partial charge in [0.2, 0.25) is 11.8 Å². The van der Waals surface area contributed by atoms with Crippen molar-refractivity contribution >= 4 is 72.8 Å². The zero-order valence-corrected chi connectivity index (χ0v) is 46.6. The molecule has 1 saturated carbocycles. The molecule has 0 radical (unpaired) electrons. The van der Waals surface area contributed by atoms with Gasteiger partial charge in [-0.15, -0.1) is 0 Å². The number of piperazine rings is 1. The number of hydrogen-bond acceptors (Lipinski definition) is 13. The average Bonchev–Trinajstić information content (AvgIpc) is 4.15. The molecule has 4 aromatic carbocycles. The van der Waals surface area contributed by atoms with Crippen LogP contribution in [-0.4, -0.2) is 98.8 Å². The molecule has 15 nitrogen and oxygen atoms in total. The van der Waals surface area contributed by atoms with Crippen LogP contribution in [0.1, 0.15) is 135 Å². The van der Waals surface area contributed by atoms with Crippen molar-refractivity contribution in [2.75, 3.05) is 47.8 Å². The van der Waals surface area contributed by atoms with Crippen LogP contribution in [0, 0.1) is 12.8 Å². The van der Waals surface area contributed by atoms with Crippen LogP contribution in [0.4, 0.5) is 16.6 Å². The molecule has 4 aliphatic rings. The van der Waals surface area contributed by atoms with Crippen molar-refractivity contribution in [3.63, 3.8) is 0 Å². The number of nitrogens with one attached hydrogen (secondary N) is 2. The number of hydrogen-bond donors (Lipinski definition) is 2. The van der Waals surface area contributed by atoms with E-state index < -0.39 is 17.5 Å². The summed E-state index contributed by atoms with van der Waals surface area (Å²) in [5.41, 5.74) is 8.46. The van der Waals surface area contributed by atoms with Gasteiger partial charge in [0.1, 0.15) is 17.2 Å². The number of fused-ring (bicyclic) bond motifs is 3. The van der Waals surface area contributed by atoms with E-state index in [-0.39, 0.29) is 29.5 Å². The number of amides is 3. The van der Waals surface area contributed by atoms with Gasteiger partial charge in [-0.2, -0.15) is 5.10 Å². The first-order valence-electron chi connectivity index (χ1n) is 28.0. The summed E-state index contributed by atoms with van der Waals surface area (Å²) in [4.78, 5) is 69.4. The summed E-state index contributed by atoms with van der Waals surface area (Å²) in [5.74, 6) is 0.593. The number of carbonyl (C=O) groups excluding carboxylic acids is 4. The van der Waals surface area contributed by atoms with E-state index in [0.29, 0.717) is 60.0 Å². The van der Waals surface area contributed by atoms with E-state index in [9.17, 15) is 19.2 Å². The molecule has 6 heterocycles. The summed E-state index contributed by atoms with van der Waals surface area (Å²) in [7, 11) is 1.93. The normalized spacial score (nSPS) is 20.2. The molecule has 0 bridgehead atoms. The number of carbonyl (C=O) groups is 4. The molecule has 0 spiro atoms. The molecule has 7 aromatic rings. The minimum Gasteiger partial charge on any atom is -0.490 e. The predicted octanol–water partition coefficient (Wildman–Crippen LogP) is 11.2. The molecule has 3 amide bonds. The van der Waals surface area contributed by atoms with Crippen molar-refractivity contribution < 1.29 is 28.7 Å². The van der Waals surface area contributed by atoms with Crippen molar-refractivity contribution in [1.29, 1.82) is 0 Å². The SMILES string of the molecule is Cc1c(OC2CCC(CCCCN3CCN(c4ccc5c(C6CCC(=O)NC6=O)nn(C)c5c4)[C@H](C)C3)CC2)cccc1-c1ccc(N2CCc3cccc(C(=O)Nc4nc5ccccc5s4)c3C2)nc1C(=O)OC(C)(C)C. The molecule has 3 aliphatic heterocycles. The van der Waals surface area contributed by atoms with E-state index >= 15 is 0 Å². The second-order valence-corrected chi connectivity index (χ2v) is 23.9. The fourth-order valence-electron chi connectivity index (χ4n) is 12.2. The maximum Gasteiger partial charge on any atom is 0.358 e. The van der Waals surface area contributed by atoms with Gasteiger partial charge in [0.15, 0.2) is 10.8 Å². The van der Waals surface area contributed by atoms with Gasteiger partial charge in [-0.05, 0) is 169 Å². The largest absolute Gasteiger partial charge is 0.490 e. The number of imide groups is 1. The summed E-state index contributed by atoms with van der Waals surface area (Å²) in [6.07, 6.45) is 9.65. The Morgan fingerprint density at radius 2 is 1.68 bits per heavy atom. The second-order valence-electron chi connectivity index (χ2n) is 22.9. The Hall–Kier alpha value is -7.17. The first kappa shape index (κ1) is 52.9. The van der Waals surface area contributed by atoms with Crippen molar-refractivity contribution in [3.05, 3.63) is 125 Å². The van der Waals surface area contributed by atoms with Gasteiger partial charge in [0, 0.05) is 74.4 Å². The third-order valence-corrected chi connectivity index (χ3v) is 17.3. The summed E-state index contributed by atoms with van der Waals surface area (Å²) in [6.45, 7) is 15.2. The number of thiazole rings is 1. The average molecular weight is 1070 g/mol. The molecule has 3 fully saturated rings. The number of anilines is 3. The molecule has 406 valence electrons. The van der Waals surface area contributed by atoms with E-state index in [1.54, 1.807) is 0 Å². The first-order chi connectivity index (χ1) is 37.6. The maximum absolute atomic E-state index is 14.1. The maximum atomic E-state index is 14.1. The second kappa shape index (κ2) is 22.3. The summed E-state index contributed by atoms with van der Waals surface area (Å²) in [5, 5.41) is 11.8. The zero-order chi connectivity index (χ0) is 54.2. The Morgan fingerprint density at radius 1 is 0.859 bits per heavy atom. The number of esters is 1. The van der Waals surface area contributed by atoms with Crippen LogP contribution in [0.15, 0.2) is 91.0 Å². The molecule has 2 saturated heterocycles. The molecular formula is C62H71N9O6S. The molecular weight excluding hydrogens is 999 g/mol. The molecule has 78 heavy (non-hydrogen) atoms. The van der Waals surface area contributed by atoms with Crippen LogP contribution >= 0.6 is 11.3 Å². The van der Waals surface area contributed by atoms with E-state index in [4.69, 9.17) is 19.6 Å². The third-order valence-electron chi connectivity index (χ3n) is 16.3. The van der Waals surface area contributed by atoms with Gasteiger partial charge < -0.3 is 19.3 Å². The van der Waals surface area contributed by atoms with Crippen LogP contribution in [-0.2, 0) is 34.3 Å². The summed E-state index contributed by atoms with van der Waals surface area (Å²) >= 11 is 1.45. The minimum atomic E-state index is -0.731. The number of aromatic nitrogens is 4. The van der Waals surface area contributed by atoms with Crippen LogP contribution in [0.25, 0.3) is 32.2 Å². The van der Waals surface area contributed by atoms with E-state index in [0.717, 1.165) is 113 Å². The summed E-state index contributed by atoms with van der Waals surface area (Å²) in [6, 6.07) is 30.6. The van der Waals surface area contributed by atoms with Crippen molar-refractivity contribution in [1.82, 2.24) is 30.0 Å². The quantitative estimate of drug-likeness (QED) is 0.0603. The number of pyridine rings is 1. The van der Waals surface area contributed by atoms with Crippen LogP contribution in [0.5, 0.6) is 5.75 Å². The van der Waals surface area contributed by atoms with Gasteiger partial charge in [-0.3, -0.25) is 34.6 Å². The van der Waals surface area contributed by atoms with E-state index in [1.807, 2.05) is 99.2 Å². The van der Waals surface area contributed by atoms with Crippen LogP contribution < -0.4 is 25.2 Å². The predicted molar refractivity (Wildman–Crippen MR) is 308 cm³/mol. The van der Waals surface area contributed by atoms with Crippen LogP contribution in [0.2, 0.25) is 0 Å². The lowest BCUT2D eigenvalue weighted by Crippen LogP contribution is -2.52. The highest BCUT2D eigenvalue weighted by Crippen LogP contribution is 2.39. The Morgan fingerprint density at radius 3 is 2.47 bits per heavy atom. The highest BCUT2D eigenvalue weighted by Gasteiger charge is 2.33. The Labute approximate surface area is 460 Å². The van der Waals surface area contributed by atoms with Crippen LogP contribution in [0.3, 0.4) is 0 Å². The van der Waals surface area contributed by atoms with Crippen molar-refractivity contribution in [2.45, 2.75) is 129 Å². The minimum absolute atomic E-state index is 0.125. The Balaban J connectivity index is 0.681. The number of nitrogens with zero attached hydrogens (tertiary/aromatic N) is 7. The van der Waals surface area contributed by atoms with Crippen molar-refractivity contribution in [3.8, 4) is 16.9 Å². The fraction of sp³-hybridized carbons (Fsp3) is 0.435. The number of rotatable bonds is 14. The molecule has 1 aliphatic carbocycles. The molecule has 1 unspecified atom stereocenters. The molecule has 16 heteroatoms. The lowest BCUT2D eigenvalue weighted by molar-refractivity contribution is -0.134. The Kier molecular flexibility index (Phi) is 15.1. The lowest BCUT2D eigenvalue weighted by Gasteiger charge is -2.41. The number of ether oxygens (including phenoxy) is 2. The number of para-hydroxylation sites is 1. The fourth-order valence-corrected chi connectivity index (χ4v) is 13.1. The smallest absolute Gasteiger partial charge is 0.358 e. The highest BCUT2D eigenvalue weighted by molar-refractivity contribution is 7.22. The zero-order valence-electron chi connectivity index (χ0n) is 45.8. The first-order valence-corrected chi connectivity index (χ1v) is 28.8. The standard InChI is InChI=1S/C62H71N9O6S/c1-38-36-69(33-34-71(38)42-22-25-47-51(35-42)68(6)67-56(47)48-27-29-55(72)65-59(48)74)31-10-9-13-40-20-23-43(24-21-40)76-52-18-12-15-44(39(52)2)45-26-28-54(64-57(45)60(75)77-62(3,4)5)70-32-30-41-14-11-16-46(49(41)37-70)58(73)66-61-63-50-17-7-8-19-53(50)78-61/h7-8,11-12,14-19,22,25-26,28,35,38,40,43,48H,9-10,13,20-21,23-24,27,29-34,36-37H2,1-6H3,(H,63,66,73)(H,65,72,74)/t38-,40?,43?,48?/m1/s1. The van der Waals surface area contributed by atoms with Gasteiger partial charge in [-0.25, -0.2) is 14.8 Å². The monoisotopic (exact) mass is 1070 g/mol. The number of unbranched alkanes of at least 4 members (excludes halogenated alkanes) is 1. The number of aryl methyl sites for hydroxylation is 1. The molecule has 11 rings (SSSR count). The highest BCUT2D eigenvalue weighted by atomic mass is 32.1. The van der Waals surface area contributed by atoms with Gasteiger partial charge in [-0.1, -0.05) is 60.6 Å². The molecule has 2 N–H and O–H groups in total. The van der Waals surface area contributed by atoms with E-state index in [1.165, 1.54) is 36.3 Å². The van der Waals surface area contributed by atoms with Gasteiger partial charge >= 0.3 is 5.97 Å². The molecule has 3 aromatic heterocycles. The lowest BCUT2D eigenvalue weighted by atomic mass is 9.84. The van der Waals surface area contributed by atoms with Gasteiger partial charge in [0.25, 0.3) is 5.91 Å². The summed E-state index contributed by atoms with van der Waals surface area (Å²) < 4.78 is 15.7. The van der Waals surface area contributed by atoms with E-state index in [2.05, 4.69) is 68.4 Å². The Bertz CT molecular complexity index is 3380. The molecule has 2 atom stereocenters. The topological polar surface area (TPSA) is 164 Å². The van der Waals surface area contributed by atoms with Gasteiger partial charge in [0.05, 0.1) is 33.4 Å². The van der Waals surface area contributed by atoms with Crippen molar-refractivity contribution in [2.24, 2.45) is 13.0 Å². The number of benzene rings is 4. The number of piperidine rings is 1. The third kappa shape index (κ3) is 11.4.